The number of carbonyl (C=O) groups excluding carboxylic acids is 1. The first-order valence-electron chi connectivity index (χ1n) is 10.7. The standard InChI is InChI=1S/C27H32N2O/c1-20(2)29(21(3)4)27(30)25(22-14-8-5-9-15-22)26(23-16-10-6-11-17-23)28-24-18-12-7-13-19-24/h5-21,25-26,28H,1-4H3/t25-,26-/m1/s1. The maximum Gasteiger partial charge on any atom is 0.233 e. The van der Waals surface area contributed by atoms with E-state index in [1.54, 1.807) is 0 Å². The molecule has 0 radical (unpaired) electrons. The average molecular weight is 401 g/mol. The van der Waals surface area contributed by atoms with Crippen molar-refractivity contribution >= 4 is 11.6 Å². The zero-order valence-electron chi connectivity index (χ0n) is 18.3. The Kier molecular flexibility index (Phi) is 7.29. The van der Waals surface area contributed by atoms with Gasteiger partial charge in [-0.2, -0.15) is 0 Å². The highest BCUT2D eigenvalue weighted by atomic mass is 16.2. The molecule has 0 spiro atoms. The van der Waals surface area contributed by atoms with Crippen LogP contribution in [0.25, 0.3) is 0 Å². The minimum absolute atomic E-state index is 0.122. The summed E-state index contributed by atoms with van der Waals surface area (Å²) in [6.45, 7) is 8.34. The van der Waals surface area contributed by atoms with Crippen LogP contribution in [-0.2, 0) is 4.79 Å². The van der Waals surface area contributed by atoms with E-state index in [1.165, 1.54) is 0 Å². The molecule has 3 heteroatoms. The maximum atomic E-state index is 14.0. The Bertz CT molecular complexity index is 899. The van der Waals surface area contributed by atoms with E-state index >= 15 is 0 Å². The molecule has 1 N–H and O–H groups in total. The van der Waals surface area contributed by atoms with E-state index in [0.717, 1.165) is 16.8 Å². The van der Waals surface area contributed by atoms with Gasteiger partial charge in [-0.15, -0.1) is 0 Å². The highest BCUT2D eigenvalue weighted by Crippen LogP contribution is 2.36. The molecule has 3 nitrogen and oxygen atoms in total. The third-order valence-electron chi connectivity index (χ3n) is 5.38. The van der Waals surface area contributed by atoms with Crippen molar-refractivity contribution in [2.24, 2.45) is 0 Å². The van der Waals surface area contributed by atoms with Crippen molar-refractivity contribution in [3.63, 3.8) is 0 Å². The first-order chi connectivity index (χ1) is 14.5. The van der Waals surface area contributed by atoms with Gasteiger partial charge in [0.05, 0.1) is 12.0 Å². The fourth-order valence-corrected chi connectivity index (χ4v) is 4.14. The number of hydrogen-bond acceptors (Lipinski definition) is 2. The van der Waals surface area contributed by atoms with E-state index in [9.17, 15) is 4.79 Å². The first-order valence-corrected chi connectivity index (χ1v) is 10.7. The van der Waals surface area contributed by atoms with Crippen molar-refractivity contribution in [1.82, 2.24) is 4.90 Å². The number of anilines is 1. The summed E-state index contributed by atoms with van der Waals surface area (Å²) in [5, 5.41) is 3.66. The second kappa shape index (κ2) is 10.1. The summed E-state index contributed by atoms with van der Waals surface area (Å²) >= 11 is 0. The van der Waals surface area contributed by atoms with Crippen LogP contribution in [0.15, 0.2) is 91.0 Å². The van der Waals surface area contributed by atoms with Crippen molar-refractivity contribution in [3.05, 3.63) is 102 Å². The fourth-order valence-electron chi connectivity index (χ4n) is 4.14. The number of para-hydroxylation sites is 1. The van der Waals surface area contributed by atoms with Crippen LogP contribution in [0.3, 0.4) is 0 Å². The van der Waals surface area contributed by atoms with Crippen molar-refractivity contribution in [3.8, 4) is 0 Å². The van der Waals surface area contributed by atoms with Gasteiger partial charge in [-0.1, -0.05) is 78.9 Å². The smallest absolute Gasteiger partial charge is 0.233 e. The zero-order chi connectivity index (χ0) is 21.5. The summed E-state index contributed by atoms with van der Waals surface area (Å²) in [6, 6.07) is 30.6. The van der Waals surface area contributed by atoms with Crippen molar-refractivity contribution < 1.29 is 4.79 Å². The molecule has 0 saturated heterocycles. The Labute approximate surface area is 180 Å². The highest BCUT2D eigenvalue weighted by Gasteiger charge is 2.36. The molecule has 0 bridgehead atoms. The summed E-state index contributed by atoms with van der Waals surface area (Å²) in [5.74, 6) is -0.206. The number of nitrogens with one attached hydrogen (secondary N) is 1. The minimum Gasteiger partial charge on any atom is -0.377 e. The molecule has 0 aromatic heterocycles. The minimum atomic E-state index is -0.349. The molecule has 3 aromatic rings. The molecular weight excluding hydrogens is 368 g/mol. The van der Waals surface area contributed by atoms with Crippen molar-refractivity contribution in [2.45, 2.75) is 51.7 Å². The molecule has 2 atom stereocenters. The highest BCUT2D eigenvalue weighted by molar-refractivity contribution is 5.86. The molecule has 3 rings (SSSR count). The molecule has 0 saturated carbocycles. The molecule has 3 aromatic carbocycles. The number of nitrogens with zero attached hydrogens (tertiary/aromatic N) is 1. The van der Waals surface area contributed by atoms with Crippen LogP contribution >= 0.6 is 0 Å². The summed E-state index contributed by atoms with van der Waals surface area (Å²) in [7, 11) is 0. The van der Waals surface area contributed by atoms with Crippen LogP contribution in [0.1, 0.15) is 50.8 Å². The van der Waals surface area contributed by atoms with Gasteiger partial charge in [-0.3, -0.25) is 4.79 Å². The van der Waals surface area contributed by atoms with Gasteiger partial charge in [0.2, 0.25) is 5.91 Å². The monoisotopic (exact) mass is 400 g/mol. The Hall–Kier alpha value is -3.07. The third kappa shape index (κ3) is 5.10. The van der Waals surface area contributed by atoms with E-state index in [2.05, 4.69) is 57.3 Å². The molecule has 0 aliphatic rings. The quantitative estimate of drug-likeness (QED) is 0.483. The lowest BCUT2D eigenvalue weighted by atomic mass is 9.85. The van der Waals surface area contributed by atoms with Crippen LogP contribution in [0.4, 0.5) is 5.69 Å². The van der Waals surface area contributed by atoms with Crippen molar-refractivity contribution in [1.29, 1.82) is 0 Å². The largest absolute Gasteiger partial charge is 0.377 e. The van der Waals surface area contributed by atoms with Crippen LogP contribution in [-0.4, -0.2) is 22.9 Å². The summed E-state index contributed by atoms with van der Waals surface area (Å²) in [6.07, 6.45) is 0. The number of carbonyl (C=O) groups is 1. The molecule has 0 aliphatic carbocycles. The summed E-state index contributed by atoms with van der Waals surface area (Å²) < 4.78 is 0. The molecule has 30 heavy (non-hydrogen) atoms. The lowest BCUT2D eigenvalue weighted by Crippen LogP contribution is -2.46. The zero-order valence-corrected chi connectivity index (χ0v) is 18.3. The molecular formula is C27H32N2O. The molecule has 0 unspecified atom stereocenters. The number of rotatable bonds is 8. The van der Waals surface area contributed by atoms with Crippen LogP contribution < -0.4 is 5.32 Å². The van der Waals surface area contributed by atoms with E-state index < -0.39 is 0 Å². The normalized spacial score (nSPS) is 13.1. The molecule has 156 valence electrons. The lowest BCUT2D eigenvalue weighted by molar-refractivity contribution is -0.136. The summed E-state index contributed by atoms with van der Waals surface area (Å²) in [5.41, 5.74) is 3.11. The Morgan fingerprint density at radius 3 is 1.57 bits per heavy atom. The summed E-state index contributed by atoms with van der Waals surface area (Å²) in [4.78, 5) is 16.0. The number of benzene rings is 3. The lowest BCUT2D eigenvalue weighted by Gasteiger charge is -2.37. The second-order valence-electron chi connectivity index (χ2n) is 8.22. The van der Waals surface area contributed by atoms with E-state index in [4.69, 9.17) is 0 Å². The van der Waals surface area contributed by atoms with Crippen LogP contribution in [0, 0.1) is 0 Å². The molecule has 0 heterocycles. The van der Waals surface area contributed by atoms with Crippen molar-refractivity contribution in [2.75, 3.05) is 5.32 Å². The Balaban J connectivity index is 2.12. The molecule has 0 aliphatic heterocycles. The number of hydrogen-bond donors (Lipinski definition) is 1. The average Bonchev–Trinajstić information content (AvgIpc) is 2.75. The molecule has 1 amide bonds. The van der Waals surface area contributed by atoms with Crippen LogP contribution in [0.2, 0.25) is 0 Å². The molecule has 0 fully saturated rings. The predicted octanol–water partition coefficient (Wildman–Crippen LogP) is 6.27. The van der Waals surface area contributed by atoms with E-state index in [0.29, 0.717) is 0 Å². The first kappa shape index (κ1) is 21.6. The van der Waals surface area contributed by atoms with Gasteiger partial charge in [0.1, 0.15) is 0 Å². The van der Waals surface area contributed by atoms with Gasteiger partial charge >= 0.3 is 0 Å². The van der Waals surface area contributed by atoms with Gasteiger partial charge in [0.25, 0.3) is 0 Å². The maximum absolute atomic E-state index is 14.0. The van der Waals surface area contributed by atoms with Gasteiger partial charge < -0.3 is 10.2 Å². The second-order valence-corrected chi connectivity index (χ2v) is 8.22. The predicted molar refractivity (Wildman–Crippen MR) is 126 cm³/mol. The van der Waals surface area contributed by atoms with Crippen LogP contribution in [0.5, 0.6) is 0 Å². The fraction of sp³-hybridized carbons (Fsp3) is 0.296. The Morgan fingerprint density at radius 1 is 0.667 bits per heavy atom. The van der Waals surface area contributed by atoms with Gasteiger partial charge in [-0.05, 0) is 51.0 Å². The SMILES string of the molecule is CC(C)N(C(=O)[C@H](c1ccccc1)[C@H](Nc1ccccc1)c1ccccc1)C(C)C. The van der Waals surface area contributed by atoms with Gasteiger partial charge in [0.15, 0.2) is 0 Å². The topological polar surface area (TPSA) is 32.3 Å². The Morgan fingerprint density at radius 2 is 1.10 bits per heavy atom. The van der Waals surface area contributed by atoms with Gasteiger partial charge in [-0.25, -0.2) is 0 Å². The van der Waals surface area contributed by atoms with E-state index in [-0.39, 0.29) is 30.0 Å². The number of amides is 1. The van der Waals surface area contributed by atoms with Gasteiger partial charge in [0, 0.05) is 17.8 Å². The third-order valence-corrected chi connectivity index (χ3v) is 5.38. The van der Waals surface area contributed by atoms with E-state index in [1.807, 2.05) is 71.6 Å².